The largest absolute Gasteiger partial charge is 0.463 e. The van der Waals surface area contributed by atoms with Crippen LogP contribution in [0.2, 0.25) is 10.0 Å². The highest BCUT2D eigenvalue weighted by Gasteiger charge is 2.49. The highest BCUT2D eigenvalue weighted by molar-refractivity contribution is 6.38. The third-order valence-corrected chi connectivity index (χ3v) is 4.55. The number of nitriles is 1. The number of furan rings is 1. The van der Waals surface area contributed by atoms with E-state index in [0.29, 0.717) is 0 Å². The highest BCUT2D eigenvalue weighted by atomic mass is 35.5. The lowest BCUT2D eigenvalue weighted by molar-refractivity contribution is -0.132. The molecule has 0 aliphatic carbocycles. The van der Waals surface area contributed by atoms with Gasteiger partial charge in [-0.05, 0) is 24.3 Å². The third kappa shape index (κ3) is 3.53. The van der Waals surface area contributed by atoms with Crippen LogP contribution in [0.4, 0.5) is 5.69 Å². The molecule has 3 rings (SSSR count). The average Bonchev–Trinajstić information content (AvgIpc) is 3.24. The van der Waals surface area contributed by atoms with Crippen LogP contribution in [0.3, 0.4) is 0 Å². The molecule has 0 saturated heterocycles. The zero-order chi connectivity index (χ0) is 19.6. The summed E-state index contributed by atoms with van der Waals surface area (Å²) in [5.41, 5.74) is 0.516. The van der Waals surface area contributed by atoms with E-state index in [0.717, 1.165) is 0 Å². The number of aliphatic hydroxyl groups is 1. The van der Waals surface area contributed by atoms with Crippen molar-refractivity contribution < 1.29 is 19.1 Å². The predicted molar refractivity (Wildman–Crippen MR) is 97.2 cm³/mol. The van der Waals surface area contributed by atoms with E-state index in [9.17, 15) is 14.7 Å². The predicted octanol–water partition coefficient (Wildman–Crippen LogP) is 2.55. The van der Waals surface area contributed by atoms with E-state index in [1.807, 2.05) is 0 Å². The minimum Gasteiger partial charge on any atom is -0.463 e. The Morgan fingerprint density at radius 3 is 2.78 bits per heavy atom. The van der Waals surface area contributed by atoms with Crippen molar-refractivity contribution in [1.29, 1.82) is 5.26 Å². The fourth-order valence-electron chi connectivity index (χ4n) is 2.69. The van der Waals surface area contributed by atoms with Gasteiger partial charge >= 0.3 is 0 Å². The fourth-order valence-corrected chi connectivity index (χ4v) is 3.20. The molecule has 0 saturated carbocycles. The van der Waals surface area contributed by atoms with Crippen LogP contribution in [0.5, 0.6) is 0 Å². The van der Waals surface area contributed by atoms with Crippen LogP contribution in [0, 0.1) is 11.3 Å². The standard InChI is InChI=1S/C17H12Cl2N4O4/c18-9-3-4-10(19)15-14(9)17(26,16(25)21-15)8-11(12-2-1-7-27-12)22-23-13(24)5-6-20/h1-4,7,26H,5,8H2,(H,21,25)(H,23,24)/b22-11-. The van der Waals surface area contributed by atoms with Crippen LogP contribution in [-0.4, -0.2) is 22.6 Å². The van der Waals surface area contributed by atoms with Crippen molar-refractivity contribution in [3.63, 3.8) is 0 Å². The van der Waals surface area contributed by atoms with Crippen molar-refractivity contribution in [2.75, 3.05) is 5.32 Å². The Hall–Kier alpha value is -2.86. The molecule has 2 aromatic rings. The lowest BCUT2D eigenvalue weighted by Gasteiger charge is -2.22. The number of fused-ring (bicyclic) bond motifs is 1. The summed E-state index contributed by atoms with van der Waals surface area (Å²) in [4.78, 5) is 24.1. The molecule has 0 radical (unpaired) electrons. The number of nitrogens with zero attached hydrogens (tertiary/aromatic N) is 2. The minimum absolute atomic E-state index is 0.0767. The van der Waals surface area contributed by atoms with Gasteiger partial charge in [-0.3, -0.25) is 9.59 Å². The minimum atomic E-state index is -2.08. The van der Waals surface area contributed by atoms with Gasteiger partial charge in [0.15, 0.2) is 5.60 Å². The summed E-state index contributed by atoms with van der Waals surface area (Å²) in [5.74, 6) is -1.17. The Morgan fingerprint density at radius 1 is 1.37 bits per heavy atom. The van der Waals surface area contributed by atoms with Crippen molar-refractivity contribution in [3.05, 3.63) is 51.9 Å². The molecule has 0 bridgehead atoms. The number of benzene rings is 1. The summed E-state index contributed by atoms with van der Waals surface area (Å²) in [7, 11) is 0. The number of hydrogen-bond donors (Lipinski definition) is 3. The van der Waals surface area contributed by atoms with Crippen LogP contribution in [-0.2, 0) is 15.2 Å². The number of carbonyl (C=O) groups excluding carboxylic acids is 2. The summed E-state index contributed by atoms with van der Waals surface area (Å²) in [6, 6.07) is 7.78. The molecule has 10 heteroatoms. The first-order valence-electron chi connectivity index (χ1n) is 7.65. The van der Waals surface area contributed by atoms with E-state index < -0.39 is 23.8 Å². The maximum atomic E-state index is 12.5. The molecular weight excluding hydrogens is 395 g/mol. The normalized spacial score (nSPS) is 18.6. The van der Waals surface area contributed by atoms with Crippen LogP contribution in [0.1, 0.15) is 24.2 Å². The molecule has 27 heavy (non-hydrogen) atoms. The van der Waals surface area contributed by atoms with E-state index in [2.05, 4.69) is 15.8 Å². The topological polar surface area (TPSA) is 128 Å². The van der Waals surface area contributed by atoms with E-state index >= 15 is 0 Å². The second-order valence-corrected chi connectivity index (χ2v) is 6.49. The molecule has 8 nitrogen and oxygen atoms in total. The summed E-state index contributed by atoms with van der Waals surface area (Å²) >= 11 is 12.3. The molecule has 1 aromatic carbocycles. The lowest BCUT2D eigenvalue weighted by atomic mass is 9.89. The smallest absolute Gasteiger partial charge is 0.261 e. The maximum Gasteiger partial charge on any atom is 0.261 e. The van der Waals surface area contributed by atoms with Gasteiger partial charge in [0.1, 0.15) is 17.9 Å². The van der Waals surface area contributed by atoms with Gasteiger partial charge in [-0.25, -0.2) is 5.43 Å². The molecule has 1 unspecified atom stereocenters. The van der Waals surface area contributed by atoms with Gasteiger partial charge in [0.05, 0.1) is 23.0 Å². The summed E-state index contributed by atoms with van der Waals surface area (Å²) in [6.07, 6.45) is 0.620. The van der Waals surface area contributed by atoms with Gasteiger partial charge in [-0.2, -0.15) is 10.4 Å². The first-order valence-corrected chi connectivity index (χ1v) is 8.41. The van der Waals surface area contributed by atoms with Crippen molar-refractivity contribution >= 4 is 46.4 Å². The Morgan fingerprint density at radius 2 is 2.11 bits per heavy atom. The van der Waals surface area contributed by atoms with Gasteiger partial charge in [0.25, 0.3) is 11.8 Å². The summed E-state index contributed by atoms with van der Waals surface area (Å²) in [5, 5.41) is 26.5. The second-order valence-electron chi connectivity index (χ2n) is 5.68. The number of carbonyl (C=O) groups is 2. The monoisotopic (exact) mass is 406 g/mol. The Kier molecular flexibility index (Phi) is 5.19. The summed E-state index contributed by atoms with van der Waals surface area (Å²) < 4.78 is 5.27. The molecule has 0 fully saturated rings. The van der Waals surface area contributed by atoms with Crippen LogP contribution in [0.15, 0.2) is 40.0 Å². The first-order chi connectivity index (χ1) is 12.9. The van der Waals surface area contributed by atoms with Crippen LogP contribution >= 0.6 is 23.2 Å². The van der Waals surface area contributed by atoms with Gasteiger partial charge in [-0.15, -0.1) is 0 Å². The van der Waals surface area contributed by atoms with Crippen molar-refractivity contribution in [2.24, 2.45) is 5.10 Å². The van der Waals surface area contributed by atoms with Crippen molar-refractivity contribution in [2.45, 2.75) is 18.4 Å². The third-order valence-electron chi connectivity index (χ3n) is 3.92. The molecule has 1 aliphatic rings. The number of hydrazone groups is 1. The van der Waals surface area contributed by atoms with E-state index in [4.69, 9.17) is 32.9 Å². The number of rotatable bonds is 5. The highest BCUT2D eigenvalue weighted by Crippen LogP contribution is 2.46. The second kappa shape index (κ2) is 7.40. The number of halogens is 2. The Bertz CT molecular complexity index is 982. The number of anilines is 1. The Balaban J connectivity index is 2.01. The van der Waals surface area contributed by atoms with Crippen molar-refractivity contribution in [1.82, 2.24) is 5.43 Å². The molecule has 1 aliphatic heterocycles. The quantitative estimate of drug-likeness (QED) is 0.519. The van der Waals surface area contributed by atoms with E-state index in [1.165, 1.54) is 18.4 Å². The molecule has 3 N–H and O–H groups in total. The van der Waals surface area contributed by atoms with Crippen molar-refractivity contribution in [3.8, 4) is 6.07 Å². The number of hydrogen-bond acceptors (Lipinski definition) is 6. The first kappa shape index (κ1) is 18.9. The van der Waals surface area contributed by atoms with Crippen LogP contribution < -0.4 is 10.7 Å². The van der Waals surface area contributed by atoms with Gasteiger partial charge < -0.3 is 14.8 Å². The van der Waals surface area contributed by atoms with Gasteiger partial charge in [0, 0.05) is 17.0 Å². The summed E-state index contributed by atoms with van der Waals surface area (Å²) in [6.45, 7) is 0. The maximum absolute atomic E-state index is 12.5. The molecule has 138 valence electrons. The van der Waals surface area contributed by atoms with Gasteiger partial charge in [-0.1, -0.05) is 23.2 Å². The zero-order valence-electron chi connectivity index (χ0n) is 13.6. The van der Waals surface area contributed by atoms with E-state index in [-0.39, 0.29) is 39.2 Å². The molecule has 1 aromatic heterocycles. The molecule has 2 heterocycles. The number of amides is 2. The Labute approximate surface area is 163 Å². The molecule has 2 amide bonds. The molecular formula is C17H12Cl2N4O4. The molecule has 0 spiro atoms. The van der Waals surface area contributed by atoms with Gasteiger partial charge in [0.2, 0.25) is 0 Å². The lowest BCUT2D eigenvalue weighted by Crippen LogP contribution is -2.37. The SMILES string of the molecule is N#CCC(=O)N/N=C(/CC1(O)C(=O)Nc2c(Cl)ccc(Cl)c21)c1ccco1. The molecule has 1 atom stereocenters. The van der Waals surface area contributed by atoms with Crippen LogP contribution in [0.25, 0.3) is 0 Å². The number of nitrogens with one attached hydrogen (secondary N) is 2. The average molecular weight is 407 g/mol. The van der Waals surface area contributed by atoms with E-state index in [1.54, 1.807) is 18.2 Å². The zero-order valence-corrected chi connectivity index (χ0v) is 15.1. The fraction of sp³-hybridized carbons (Fsp3) is 0.176.